The number of sulfone groups is 2. The van der Waals surface area contributed by atoms with Crippen molar-refractivity contribution in [1.82, 2.24) is 4.90 Å². The molecule has 4 rings (SSSR count). The molecule has 0 amide bonds. The Bertz CT molecular complexity index is 1170. The molecule has 0 saturated carbocycles. The van der Waals surface area contributed by atoms with Crippen molar-refractivity contribution in [2.24, 2.45) is 0 Å². The van der Waals surface area contributed by atoms with Crippen molar-refractivity contribution < 1.29 is 16.8 Å². The van der Waals surface area contributed by atoms with Gasteiger partial charge < -0.3 is 4.90 Å². The van der Waals surface area contributed by atoms with Crippen LogP contribution in [0.1, 0.15) is 16.7 Å². The highest BCUT2D eigenvalue weighted by atomic mass is 32.2. The summed E-state index contributed by atoms with van der Waals surface area (Å²) in [6, 6.07) is 12.5. The average Bonchev–Trinajstić information content (AvgIpc) is 3.07. The first-order chi connectivity index (χ1) is 14.6. The van der Waals surface area contributed by atoms with Crippen LogP contribution in [0.2, 0.25) is 0 Å². The van der Waals surface area contributed by atoms with Crippen molar-refractivity contribution in [3.8, 4) is 0 Å². The molecule has 0 radical (unpaired) electrons. The number of rotatable bonds is 4. The molecule has 0 aliphatic carbocycles. The van der Waals surface area contributed by atoms with Crippen molar-refractivity contribution in [2.45, 2.75) is 37.0 Å². The van der Waals surface area contributed by atoms with E-state index in [1.165, 1.54) is 16.8 Å². The second-order valence-electron chi connectivity index (χ2n) is 8.78. The maximum absolute atomic E-state index is 13.4. The minimum absolute atomic E-state index is 0.0910. The van der Waals surface area contributed by atoms with E-state index in [4.69, 9.17) is 0 Å². The predicted octanol–water partition coefficient (Wildman–Crippen LogP) is 2.37. The summed E-state index contributed by atoms with van der Waals surface area (Å²) < 4.78 is 51.7. The maximum atomic E-state index is 13.4. The van der Waals surface area contributed by atoms with Crippen molar-refractivity contribution in [1.29, 1.82) is 0 Å². The number of anilines is 1. The van der Waals surface area contributed by atoms with Crippen molar-refractivity contribution in [2.75, 3.05) is 42.6 Å². The van der Waals surface area contributed by atoms with Crippen molar-refractivity contribution in [3.63, 3.8) is 0 Å². The van der Waals surface area contributed by atoms with Crippen LogP contribution in [0.3, 0.4) is 0 Å². The number of hydrogen-bond donors (Lipinski definition) is 0. The van der Waals surface area contributed by atoms with Gasteiger partial charge in [0.2, 0.25) is 0 Å². The molecule has 0 bridgehead atoms. The second-order valence-corrected chi connectivity index (χ2v) is 13.1. The molecule has 2 atom stereocenters. The van der Waals surface area contributed by atoms with Crippen LogP contribution in [0.4, 0.5) is 5.69 Å². The van der Waals surface area contributed by atoms with Crippen LogP contribution in [-0.4, -0.2) is 70.7 Å². The minimum Gasteiger partial charge on any atom is -0.369 e. The Labute approximate surface area is 185 Å². The standard InChI is InChI=1S/C23H30N2O4S2/c1-17-7-9-20(10-8-17)31(28,29)23-16-30(26,27)15-22(23)25-13-11-24(12-14-25)21-6-4-5-18(2)19(21)3/h4-10,22-23H,11-16H2,1-3H3. The van der Waals surface area contributed by atoms with Gasteiger partial charge in [0, 0.05) is 37.9 Å². The third-order valence-corrected chi connectivity index (χ3v) is 10.9. The first-order valence-corrected chi connectivity index (χ1v) is 14.0. The van der Waals surface area contributed by atoms with Crippen LogP contribution >= 0.6 is 0 Å². The van der Waals surface area contributed by atoms with Gasteiger partial charge >= 0.3 is 0 Å². The molecule has 168 valence electrons. The maximum Gasteiger partial charge on any atom is 0.183 e. The minimum atomic E-state index is -3.74. The molecule has 2 aliphatic rings. The topological polar surface area (TPSA) is 74.8 Å². The van der Waals surface area contributed by atoms with Gasteiger partial charge in [-0.05, 0) is 50.1 Å². The Balaban J connectivity index is 1.55. The van der Waals surface area contributed by atoms with Gasteiger partial charge in [0.1, 0.15) is 0 Å². The fourth-order valence-electron chi connectivity index (χ4n) is 4.71. The van der Waals surface area contributed by atoms with Crippen LogP contribution < -0.4 is 4.90 Å². The molecule has 8 heteroatoms. The van der Waals surface area contributed by atoms with Crippen LogP contribution in [0, 0.1) is 20.8 Å². The Hall–Kier alpha value is -1.90. The van der Waals surface area contributed by atoms with Gasteiger partial charge in [-0.15, -0.1) is 0 Å². The zero-order valence-corrected chi connectivity index (χ0v) is 19.9. The van der Waals surface area contributed by atoms with Crippen molar-refractivity contribution in [3.05, 3.63) is 59.2 Å². The van der Waals surface area contributed by atoms with Gasteiger partial charge in [-0.1, -0.05) is 29.8 Å². The molecular weight excluding hydrogens is 432 g/mol. The summed E-state index contributed by atoms with van der Waals surface area (Å²) in [7, 11) is -7.14. The van der Waals surface area contributed by atoms with E-state index >= 15 is 0 Å². The van der Waals surface area contributed by atoms with Crippen LogP contribution in [0.15, 0.2) is 47.4 Å². The highest BCUT2D eigenvalue weighted by Gasteiger charge is 2.48. The first kappa shape index (κ1) is 22.3. The number of nitrogens with zero attached hydrogens (tertiary/aromatic N) is 2. The van der Waals surface area contributed by atoms with Crippen LogP contribution in [0.25, 0.3) is 0 Å². The van der Waals surface area contributed by atoms with Gasteiger partial charge in [0.25, 0.3) is 0 Å². The first-order valence-electron chi connectivity index (χ1n) is 10.6. The molecule has 0 aromatic heterocycles. The summed E-state index contributed by atoms with van der Waals surface area (Å²) in [6.07, 6.45) is 0. The Morgan fingerprint density at radius 3 is 2.16 bits per heavy atom. The van der Waals surface area contributed by atoms with E-state index < -0.39 is 31.0 Å². The highest BCUT2D eigenvalue weighted by Crippen LogP contribution is 2.31. The third kappa shape index (κ3) is 4.38. The van der Waals surface area contributed by atoms with Gasteiger partial charge in [-0.3, -0.25) is 4.90 Å². The molecule has 0 N–H and O–H groups in total. The Morgan fingerprint density at radius 2 is 1.52 bits per heavy atom. The molecule has 2 aliphatic heterocycles. The predicted molar refractivity (Wildman–Crippen MR) is 124 cm³/mol. The quantitative estimate of drug-likeness (QED) is 0.695. The monoisotopic (exact) mass is 462 g/mol. The lowest BCUT2D eigenvalue weighted by Crippen LogP contribution is -2.55. The zero-order chi connectivity index (χ0) is 22.4. The number of benzene rings is 2. The van der Waals surface area contributed by atoms with E-state index in [0.717, 1.165) is 18.7 Å². The molecule has 31 heavy (non-hydrogen) atoms. The molecule has 0 spiro atoms. The van der Waals surface area contributed by atoms with Crippen molar-refractivity contribution >= 4 is 25.4 Å². The molecule has 2 heterocycles. The van der Waals surface area contributed by atoms with E-state index in [-0.39, 0.29) is 16.4 Å². The smallest absolute Gasteiger partial charge is 0.183 e. The summed E-state index contributed by atoms with van der Waals surface area (Å²) in [6.45, 7) is 8.90. The number of hydrogen-bond acceptors (Lipinski definition) is 6. The Morgan fingerprint density at radius 1 is 0.871 bits per heavy atom. The second kappa shape index (κ2) is 8.22. The normalized spacial score (nSPS) is 24.4. The van der Waals surface area contributed by atoms with E-state index in [2.05, 4.69) is 41.8 Å². The number of piperazine rings is 1. The lowest BCUT2D eigenvalue weighted by Gasteiger charge is -2.40. The summed E-state index contributed by atoms with van der Waals surface area (Å²) >= 11 is 0. The summed E-state index contributed by atoms with van der Waals surface area (Å²) in [4.78, 5) is 4.59. The van der Waals surface area contributed by atoms with Gasteiger partial charge in [-0.25, -0.2) is 16.8 Å². The van der Waals surface area contributed by atoms with Gasteiger partial charge in [0.15, 0.2) is 19.7 Å². The highest BCUT2D eigenvalue weighted by molar-refractivity contribution is 7.96. The summed E-state index contributed by atoms with van der Waals surface area (Å²) in [5.41, 5.74) is 4.66. The molecule has 2 unspecified atom stereocenters. The fourth-order valence-corrected chi connectivity index (χ4v) is 9.54. The molecule has 2 aromatic rings. The number of aryl methyl sites for hydroxylation is 2. The molecule has 2 aromatic carbocycles. The SMILES string of the molecule is Cc1ccc(S(=O)(=O)C2CS(=O)(=O)CC2N2CCN(c3cccc(C)c3C)CC2)cc1. The molecule has 2 fully saturated rings. The van der Waals surface area contributed by atoms with Crippen LogP contribution in [0.5, 0.6) is 0 Å². The van der Waals surface area contributed by atoms with Crippen LogP contribution in [-0.2, 0) is 19.7 Å². The summed E-state index contributed by atoms with van der Waals surface area (Å²) in [5.74, 6) is -0.392. The molecular formula is C23H30N2O4S2. The van der Waals surface area contributed by atoms with E-state index in [9.17, 15) is 16.8 Å². The molecule has 6 nitrogen and oxygen atoms in total. The lowest BCUT2D eigenvalue weighted by atomic mass is 10.1. The molecule has 2 saturated heterocycles. The van der Waals surface area contributed by atoms with E-state index in [0.29, 0.717) is 13.1 Å². The largest absolute Gasteiger partial charge is 0.369 e. The Kier molecular flexibility index (Phi) is 5.91. The van der Waals surface area contributed by atoms with Gasteiger partial charge in [0.05, 0.1) is 21.7 Å². The average molecular weight is 463 g/mol. The van der Waals surface area contributed by atoms with E-state index in [1.807, 2.05) is 6.92 Å². The fraction of sp³-hybridized carbons (Fsp3) is 0.478. The third-order valence-electron chi connectivity index (χ3n) is 6.72. The van der Waals surface area contributed by atoms with Gasteiger partial charge in [-0.2, -0.15) is 0 Å². The lowest BCUT2D eigenvalue weighted by molar-refractivity contribution is 0.201. The van der Waals surface area contributed by atoms with E-state index in [1.54, 1.807) is 24.3 Å². The summed E-state index contributed by atoms with van der Waals surface area (Å²) in [5, 5.41) is -0.924. The zero-order valence-electron chi connectivity index (χ0n) is 18.3.